The zero-order chi connectivity index (χ0) is 8.97. The lowest BCUT2D eigenvalue weighted by molar-refractivity contribution is 0.262. The Labute approximate surface area is 71.0 Å². The molecule has 4 heteroatoms. The number of rotatable bonds is 3. The van der Waals surface area contributed by atoms with E-state index >= 15 is 0 Å². The maximum Gasteiger partial charge on any atom is 0.142 e. The van der Waals surface area contributed by atoms with Gasteiger partial charge in [-0.3, -0.25) is 4.98 Å². The largest absolute Gasteiger partial charge is 0.495 e. The lowest BCUT2D eigenvalue weighted by Gasteiger charge is -2.10. The minimum absolute atomic E-state index is 0.132. The van der Waals surface area contributed by atoms with Crippen molar-refractivity contribution in [3.63, 3.8) is 0 Å². The molecule has 0 aromatic carbocycles. The van der Waals surface area contributed by atoms with Gasteiger partial charge in [0.2, 0.25) is 0 Å². The van der Waals surface area contributed by atoms with Crippen LogP contribution in [0.25, 0.3) is 0 Å². The molecular formula is C8H12N2O2. The first kappa shape index (κ1) is 8.96. The van der Waals surface area contributed by atoms with E-state index in [1.165, 1.54) is 0 Å². The molecule has 0 aliphatic heterocycles. The highest BCUT2D eigenvalue weighted by Crippen LogP contribution is 2.19. The average Bonchev–Trinajstić information content (AvgIpc) is 2.16. The van der Waals surface area contributed by atoms with Crippen LogP contribution >= 0.6 is 0 Å². The van der Waals surface area contributed by atoms with Gasteiger partial charge in [0.25, 0.3) is 0 Å². The monoisotopic (exact) mass is 168 g/mol. The normalized spacial score (nSPS) is 12.6. The van der Waals surface area contributed by atoms with Gasteiger partial charge in [-0.25, -0.2) is 0 Å². The lowest BCUT2D eigenvalue weighted by atomic mass is 10.2. The maximum atomic E-state index is 8.79. The Morgan fingerprint density at radius 2 is 2.50 bits per heavy atom. The highest BCUT2D eigenvalue weighted by Gasteiger charge is 2.10. The van der Waals surface area contributed by atoms with Crippen molar-refractivity contribution in [1.29, 1.82) is 0 Å². The first-order valence-corrected chi connectivity index (χ1v) is 3.65. The standard InChI is InChI=1S/C8H12N2O2/c1-12-7-3-2-4-10-8(7)6(9)5-11/h2-4,6,11H,5,9H2,1H3. The first-order valence-electron chi connectivity index (χ1n) is 3.65. The predicted molar refractivity (Wildman–Crippen MR) is 44.8 cm³/mol. The van der Waals surface area contributed by atoms with E-state index in [9.17, 15) is 0 Å². The van der Waals surface area contributed by atoms with Crippen LogP contribution in [0.1, 0.15) is 11.7 Å². The van der Waals surface area contributed by atoms with E-state index in [1.807, 2.05) is 0 Å². The minimum Gasteiger partial charge on any atom is -0.495 e. The number of nitrogens with two attached hydrogens (primary N) is 1. The van der Waals surface area contributed by atoms with Crippen molar-refractivity contribution < 1.29 is 9.84 Å². The molecule has 0 spiro atoms. The molecule has 0 saturated carbocycles. The van der Waals surface area contributed by atoms with Crippen LogP contribution < -0.4 is 10.5 Å². The molecule has 0 amide bonds. The van der Waals surface area contributed by atoms with Gasteiger partial charge in [-0.2, -0.15) is 0 Å². The van der Waals surface area contributed by atoms with Crippen molar-refractivity contribution in [3.05, 3.63) is 24.0 Å². The molecule has 4 nitrogen and oxygen atoms in total. The summed E-state index contributed by atoms with van der Waals surface area (Å²) in [5.41, 5.74) is 6.16. The van der Waals surface area contributed by atoms with Gasteiger partial charge in [-0.05, 0) is 12.1 Å². The van der Waals surface area contributed by atoms with Crippen LogP contribution in [0.3, 0.4) is 0 Å². The highest BCUT2D eigenvalue weighted by molar-refractivity contribution is 5.29. The number of ether oxygens (including phenoxy) is 1. The molecule has 0 bridgehead atoms. The van der Waals surface area contributed by atoms with Gasteiger partial charge in [0.1, 0.15) is 11.4 Å². The third-order valence-corrected chi connectivity index (χ3v) is 1.57. The summed E-state index contributed by atoms with van der Waals surface area (Å²) in [4.78, 5) is 4.01. The quantitative estimate of drug-likeness (QED) is 0.670. The Bertz CT molecular complexity index is 253. The van der Waals surface area contributed by atoms with Crippen molar-refractivity contribution in [1.82, 2.24) is 4.98 Å². The molecule has 0 saturated heterocycles. The third-order valence-electron chi connectivity index (χ3n) is 1.57. The Kier molecular flexibility index (Phi) is 3.01. The molecule has 0 fully saturated rings. The summed E-state index contributed by atoms with van der Waals surface area (Å²) in [6.07, 6.45) is 1.62. The SMILES string of the molecule is COc1cccnc1C(N)CO. The summed E-state index contributed by atoms with van der Waals surface area (Å²) in [5.74, 6) is 0.610. The minimum atomic E-state index is -0.471. The molecule has 1 unspecified atom stereocenters. The summed E-state index contributed by atoms with van der Waals surface area (Å²) in [6, 6.07) is 3.05. The second kappa shape index (κ2) is 4.04. The van der Waals surface area contributed by atoms with Crippen molar-refractivity contribution in [2.45, 2.75) is 6.04 Å². The van der Waals surface area contributed by atoms with E-state index in [1.54, 1.807) is 25.4 Å². The maximum absolute atomic E-state index is 8.79. The molecule has 0 aliphatic rings. The van der Waals surface area contributed by atoms with Crippen LogP contribution in [0, 0.1) is 0 Å². The zero-order valence-corrected chi connectivity index (χ0v) is 6.90. The Morgan fingerprint density at radius 3 is 3.08 bits per heavy atom. The Morgan fingerprint density at radius 1 is 1.75 bits per heavy atom. The van der Waals surface area contributed by atoms with Crippen molar-refractivity contribution in [2.24, 2.45) is 5.73 Å². The summed E-state index contributed by atoms with van der Waals surface area (Å²) >= 11 is 0. The van der Waals surface area contributed by atoms with Crippen LogP contribution in [0.15, 0.2) is 18.3 Å². The molecule has 0 aliphatic carbocycles. The second-order valence-corrected chi connectivity index (χ2v) is 2.38. The number of methoxy groups -OCH3 is 1. The highest BCUT2D eigenvalue weighted by atomic mass is 16.5. The zero-order valence-electron chi connectivity index (χ0n) is 6.90. The van der Waals surface area contributed by atoms with E-state index in [-0.39, 0.29) is 6.61 Å². The fourth-order valence-corrected chi connectivity index (χ4v) is 0.940. The van der Waals surface area contributed by atoms with Crippen LogP contribution in [-0.2, 0) is 0 Å². The van der Waals surface area contributed by atoms with Crippen LogP contribution in [0.2, 0.25) is 0 Å². The van der Waals surface area contributed by atoms with Gasteiger partial charge >= 0.3 is 0 Å². The number of hydrogen-bond donors (Lipinski definition) is 2. The molecule has 1 aromatic heterocycles. The van der Waals surface area contributed by atoms with Crippen molar-refractivity contribution in [3.8, 4) is 5.75 Å². The Hall–Kier alpha value is -1.13. The van der Waals surface area contributed by atoms with Crippen LogP contribution in [0.4, 0.5) is 0 Å². The van der Waals surface area contributed by atoms with Gasteiger partial charge in [0.15, 0.2) is 0 Å². The van der Waals surface area contributed by atoms with Gasteiger partial charge in [0, 0.05) is 6.20 Å². The smallest absolute Gasteiger partial charge is 0.142 e. The van der Waals surface area contributed by atoms with Gasteiger partial charge < -0.3 is 15.6 Å². The number of aromatic nitrogens is 1. The fraction of sp³-hybridized carbons (Fsp3) is 0.375. The molecule has 66 valence electrons. The molecule has 0 radical (unpaired) electrons. The van der Waals surface area contributed by atoms with E-state index < -0.39 is 6.04 Å². The second-order valence-electron chi connectivity index (χ2n) is 2.38. The Balaban J connectivity index is 2.96. The molecule has 1 rings (SSSR count). The molecule has 3 N–H and O–H groups in total. The summed E-state index contributed by atoms with van der Waals surface area (Å²) < 4.78 is 5.01. The third kappa shape index (κ3) is 1.72. The number of hydrogen-bond acceptors (Lipinski definition) is 4. The molecule has 1 aromatic rings. The van der Waals surface area contributed by atoms with Crippen LogP contribution in [-0.4, -0.2) is 23.8 Å². The topological polar surface area (TPSA) is 68.4 Å². The number of pyridine rings is 1. The number of aliphatic hydroxyl groups is 1. The molecular weight excluding hydrogens is 156 g/mol. The fourth-order valence-electron chi connectivity index (χ4n) is 0.940. The predicted octanol–water partition coefficient (Wildman–Crippen LogP) is 0.0823. The summed E-state index contributed by atoms with van der Waals surface area (Å²) in [7, 11) is 1.55. The van der Waals surface area contributed by atoms with Gasteiger partial charge in [-0.1, -0.05) is 0 Å². The van der Waals surface area contributed by atoms with Crippen molar-refractivity contribution >= 4 is 0 Å². The summed E-state index contributed by atoms with van der Waals surface area (Å²) in [5, 5.41) is 8.79. The average molecular weight is 168 g/mol. The lowest BCUT2D eigenvalue weighted by Crippen LogP contribution is -2.16. The van der Waals surface area contributed by atoms with E-state index in [4.69, 9.17) is 15.6 Å². The van der Waals surface area contributed by atoms with Gasteiger partial charge in [-0.15, -0.1) is 0 Å². The molecule has 1 atom stereocenters. The molecule has 12 heavy (non-hydrogen) atoms. The molecule has 1 heterocycles. The number of aliphatic hydroxyl groups excluding tert-OH is 1. The van der Waals surface area contributed by atoms with E-state index in [0.717, 1.165) is 0 Å². The number of nitrogens with zero attached hydrogens (tertiary/aromatic N) is 1. The first-order chi connectivity index (χ1) is 5.79. The summed E-state index contributed by atoms with van der Waals surface area (Å²) in [6.45, 7) is -0.132. The van der Waals surface area contributed by atoms with E-state index in [0.29, 0.717) is 11.4 Å². The van der Waals surface area contributed by atoms with E-state index in [2.05, 4.69) is 4.98 Å². The van der Waals surface area contributed by atoms with Crippen molar-refractivity contribution in [2.75, 3.05) is 13.7 Å². The van der Waals surface area contributed by atoms with Gasteiger partial charge in [0.05, 0.1) is 19.8 Å². The van der Waals surface area contributed by atoms with Crippen LogP contribution in [0.5, 0.6) is 5.75 Å².